The van der Waals surface area contributed by atoms with Gasteiger partial charge in [-0.3, -0.25) is 15.0 Å². The zero-order chi connectivity index (χ0) is 97.5. The van der Waals surface area contributed by atoms with Gasteiger partial charge in [-0.15, -0.1) is 11.3 Å². The topological polar surface area (TPSA) is 116 Å². The van der Waals surface area contributed by atoms with Crippen molar-refractivity contribution >= 4 is 119 Å². The van der Waals surface area contributed by atoms with E-state index in [0.717, 1.165) is 166 Å². The minimum absolute atomic E-state index is 0.713. The number of fused-ring (bicyclic) bond motifs is 14. The molecule has 28 rings (SSSR count). The predicted molar refractivity (Wildman–Crippen MR) is 614 cm³/mol. The standard InChI is InChI=1S/C47H29N3S.2C45H29N3/c1-2-10-30(11-3-1)31-21-25-34(26-22-31)44-46-45(40-17-6-7-18-42(40)51-46)50-47(49-44)37-13-8-12-35(28-37)32-19-23-33(24-20-32)41-29-36-14-9-27-48-43(36)39-16-5-4-15-38(39)41;1-2-10-30(11-3-1)31-21-25-34(26-22-31)44-40-17-6-7-18-42(40)47-45(48-44)37-13-8-12-35(28-37)32-19-23-33(24-20-32)41-29-36-14-9-27-46-43(36)39-16-5-4-15-38(39)41;1-2-10-30(11-3-1)31-21-25-34(26-22-31)44-45(48-42-18-7-6-17-41(42)47-44)36-13-8-12-35(28-36)32-19-23-33(24-20-32)40-29-37-14-9-27-46-43(37)39-16-5-4-15-38(39)40/h1-29H;2*1-29H. The molecule has 0 unspecified atom stereocenters. The molecule has 7 aromatic heterocycles. The van der Waals surface area contributed by atoms with E-state index in [2.05, 4.69) is 458 Å². The van der Waals surface area contributed by atoms with E-state index in [1.807, 2.05) is 85.3 Å². The number of para-hydroxylation sites is 3. The molecule has 21 aromatic carbocycles. The fourth-order valence-electron chi connectivity index (χ4n) is 20.6. The van der Waals surface area contributed by atoms with Crippen LogP contribution in [0.5, 0.6) is 0 Å². The van der Waals surface area contributed by atoms with E-state index in [1.165, 1.54) is 104 Å². The zero-order valence-corrected chi connectivity index (χ0v) is 80.5. The van der Waals surface area contributed by atoms with Crippen LogP contribution < -0.4 is 0 Å². The van der Waals surface area contributed by atoms with Crippen LogP contribution in [-0.4, -0.2) is 44.9 Å². The number of hydrogen-bond donors (Lipinski definition) is 0. The van der Waals surface area contributed by atoms with Crippen molar-refractivity contribution in [2.75, 3.05) is 0 Å². The van der Waals surface area contributed by atoms with Crippen molar-refractivity contribution in [3.05, 3.63) is 528 Å². The van der Waals surface area contributed by atoms with Gasteiger partial charge in [0.1, 0.15) is 0 Å². The Morgan fingerprint density at radius 1 is 0.143 bits per heavy atom. The Kier molecular flexibility index (Phi) is 23.0. The Morgan fingerprint density at radius 2 is 0.422 bits per heavy atom. The van der Waals surface area contributed by atoms with E-state index in [-0.39, 0.29) is 0 Å². The third-order valence-corrected chi connectivity index (χ3v) is 29.2. The van der Waals surface area contributed by atoms with E-state index in [1.54, 1.807) is 11.3 Å². The average molecular weight is 1890 g/mol. The molecule has 0 aliphatic rings. The first-order valence-electron chi connectivity index (χ1n) is 49.5. The number of rotatable bonds is 15. The SMILES string of the molecule is c1ccc(-c2ccc(-c3nc(-c4cccc(-c5ccc(-c6cc7cccnc7c7ccccc67)cc5)c4)nc4c3sc3ccccc34)cc2)cc1.c1ccc(-c2ccc(-c3nc(-c4cccc(-c5ccc(-c6cc7cccnc7c7ccccc67)cc5)c4)nc4ccccc34)cc2)cc1.c1ccc(-c2ccc(-c3nc4ccccc4nc3-c3cccc(-c4ccc(-c5cc6cccnc6c6ccccc56)cc4)c3)cc2)cc1. The van der Waals surface area contributed by atoms with Crippen LogP contribution in [-0.2, 0) is 0 Å². The summed E-state index contributed by atoms with van der Waals surface area (Å²) in [7, 11) is 0. The molecule has 0 aliphatic carbocycles. The molecule has 0 saturated carbocycles. The van der Waals surface area contributed by atoms with Crippen LogP contribution in [0, 0.1) is 0 Å². The van der Waals surface area contributed by atoms with Gasteiger partial charge >= 0.3 is 0 Å². The highest BCUT2D eigenvalue weighted by Crippen LogP contribution is 2.46. The monoisotopic (exact) mass is 1890 g/mol. The molecule has 0 amide bonds. The Balaban J connectivity index is 0.000000112. The van der Waals surface area contributed by atoms with Crippen LogP contribution in [0.1, 0.15) is 0 Å². The van der Waals surface area contributed by atoms with Gasteiger partial charge in [0.25, 0.3) is 0 Å². The van der Waals surface area contributed by atoms with E-state index < -0.39 is 0 Å². The third-order valence-electron chi connectivity index (χ3n) is 28.0. The van der Waals surface area contributed by atoms with Crippen molar-refractivity contribution in [3.8, 4) is 168 Å². The molecule has 10 heteroatoms. The molecule has 686 valence electrons. The summed E-state index contributed by atoms with van der Waals surface area (Å²) in [6.07, 6.45) is 5.60. The summed E-state index contributed by atoms with van der Waals surface area (Å²) in [5.74, 6) is 1.44. The molecule has 9 nitrogen and oxygen atoms in total. The smallest absolute Gasteiger partial charge is 0.160 e. The minimum Gasteiger partial charge on any atom is -0.256 e. The molecule has 147 heavy (non-hydrogen) atoms. The number of nitrogens with zero attached hydrogens (tertiary/aromatic N) is 9. The number of hydrogen-bond acceptors (Lipinski definition) is 10. The van der Waals surface area contributed by atoms with Gasteiger partial charge < -0.3 is 0 Å². The second-order valence-electron chi connectivity index (χ2n) is 36.9. The lowest BCUT2D eigenvalue weighted by Crippen LogP contribution is -1.96. The Morgan fingerprint density at radius 3 is 0.837 bits per heavy atom. The predicted octanol–water partition coefficient (Wildman–Crippen LogP) is 36.2. The molecule has 0 bridgehead atoms. The van der Waals surface area contributed by atoms with Crippen LogP contribution in [0.25, 0.3) is 275 Å². The maximum Gasteiger partial charge on any atom is 0.160 e. The number of aromatic nitrogens is 9. The van der Waals surface area contributed by atoms with Crippen molar-refractivity contribution in [2.45, 2.75) is 0 Å². The van der Waals surface area contributed by atoms with E-state index >= 15 is 0 Å². The van der Waals surface area contributed by atoms with Crippen LogP contribution in [0.2, 0.25) is 0 Å². The Hall–Kier alpha value is -19.4. The molecule has 0 fully saturated rings. The van der Waals surface area contributed by atoms with Crippen LogP contribution in [0.3, 0.4) is 0 Å². The van der Waals surface area contributed by atoms with Gasteiger partial charge in [-0.25, -0.2) is 29.9 Å². The number of pyridine rings is 3. The maximum absolute atomic E-state index is 5.28. The van der Waals surface area contributed by atoms with Gasteiger partial charge in [-0.2, -0.15) is 0 Å². The molecule has 0 saturated heterocycles. The molecular formula is C137H87N9S. The van der Waals surface area contributed by atoms with Crippen molar-refractivity contribution in [2.24, 2.45) is 0 Å². The van der Waals surface area contributed by atoms with Crippen molar-refractivity contribution < 1.29 is 0 Å². The summed E-state index contributed by atoms with van der Waals surface area (Å²) in [4.78, 5) is 45.1. The molecule has 28 aromatic rings. The third kappa shape index (κ3) is 17.2. The fraction of sp³-hybridized carbons (Fsp3) is 0. The molecular weight excluding hydrogens is 1800 g/mol. The minimum atomic E-state index is 0.713. The lowest BCUT2D eigenvalue weighted by atomic mass is 9.93. The van der Waals surface area contributed by atoms with Crippen molar-refractivity contribution in [1.82, 2.24) is 44.9 Å². The maximum atomic E-state index is 5.28. The van der Waals surface area contributed by atoms with Gasteiger partial charge in [-0.1, -0.05) is 431 Å². The van der Waals surface area contributed by atoms with Gasteiger partial charge in [-0.05, 0) is 195 Å². The molecule has 0 radical (unpaired) electrons. The highest BCUT2D eigenvalue weighted by atomic mass is 32.1. The Labute approximate surface area is 853 Å². The van der Waals surface area contributed by atoms with Crippen molar-refractivity contribution in [1.29, 1.82) is 0 Å². The fourth-order valence-corrected chi connectivity index (χ4v) is 21.8. The first-order chi connectivity index (χ1) is 72.8. The van der Waals surface area contributed by atoms with Gasteiger partial charge in [0, 0.05) is 99.8 Å². The summed E-state index contributed by atoms with van der Waals surface area (Å²) in [6.45, 7) is 0. The number of thiophene rings is 1. The molecule has 7 heterocycles. The highest BCUT2D eigenvalue weighted by Gasteiger charge is 2.23. The molecule has 0 spiro atoms. The lowest BCUT2D eigenvalue weighted by molar-refractivity contribution is 1.23. The van der Waals surface area contributed by atoms with Gasteiger partial charge in [0.05, 0.1) is 66.1 Å². The van der Waals surface area contributed by atoms with Crippen molar-refractivity contribution in [3.63, 3.8) is 0 Å². The largest absolute Gasteiger partial charge is 0.256 e. The van der Waals surface area contributed by atoms with Crippen LogP contribution >= 0.6 is 11.3 Å². The second kappa shape index (κ2) is 38.6. The summed E-state index contributed by atoms with van der Waals surface area (Å²) in [5.41, 5.74) is 37.7. The molecule has 0 aliphatic heterocycles. The lowest BCUT2D eigenvalue weighted by Gasteiger charge is -2.13. The molecule has 0 N–H and O–H groups in total. The first-order valence-corrected chi connectivity index (χ1v) is 50.3. The summed E-state index contributed by atoms with van der Waals surface area (Å²) >= 11 is 1.76. The quantitative estimate of drug-likeness (QED) is 0.0925. The summed E-state index contributed by atoms with van der Waals surface area (Å²) in [5, 5.41) is 12.8. The second-order valence-corrected chi connectivity index (χ2v) is 38.0. The summed E-state index contributed by atoms with van der Waals surface area (Å²) < 4.78 is 2.32. The summed E-state index contributed by atoms with van der Waals surface area (Å²) in [6, 6.07) is 179. The van der Waals surface area contributed by atoms with Gasteiger partial charge in [0.2, 0.25) is 0 Å². The van der Waals surface area contributed by atoms with Crippen LogP contribution in [0.15, 0.2) is 528 Å². The number of benzene rings is 21. The van der Waals surface area contributed by atoms with Crippen LogP contribution in [0.4, 0.5) is 0 Å². The normalized spacial score (nSPS) is 11.4. The zero-order valence-electron chi connectivity index (χ0n) is 79.7. The first kappa shape index (κ1) is 87.8. The van der Waals surface area contributed by atoms with E-state index in [0.29, 0.717) is 5.82 Å². The highest BCUT2D eigenvalue weighted by molar-refractivity contribution is 7.26. The molecule has 0 atom stereocenters. The average Bonchev–Trinajstić information content (AvgIpc) is 1.60. The van der Waals surface area contributed by atoms with Gasteiger partial charge in [0.15, 0.2) is 11.6 Å². The van der Waals surface area contributed by atoms with E-state index in [4.69, 9.17) is 29.9 Å². The van der Waals surface area contributed by atoms with E-state index in [9.17, 15) is 0 Å². The Bertz CT molecular complexity index is 9880.